The number of ether oxygens (including phenoxy) is 1. The Hall–Kier alpha value is -1.55. The number of anilines is 2. The van der Waals surface area contributed by atoms with Crippen LogP contribution in [0.4, 0.5) is 11.4 Å². The van der Waals surface area contributed by atoms with Crippen LogP contribution in [0.25, 0.3) is 0 Å². The second-order valence-corrected chi connectivity index (χ2v) is 3.64. The predicted octanol–water partition coefficient (Wildman–Crippen LogP) is 1.37. The van der Waals surface area contributed by atoms with Crippen LogP contribution in [0.3, 0.4) is 0 Å². The Bertz CT molecular complexity index is 390. The van der Waals surface area contributed by atoms with Gasteiger partial charge in [0.15, 0.2) is 6.10 Å². The number of aryl methyl sites for hydroxylation is 1. The lowest BCUT2D eigenvalue weighted by Crippen LogP contribution is -2.32. The van der Waals surface area contributed by atoms with Gasteiger partial charge in [-0.3, -0.25) is 4.79 Å². The number of benzene rings is 1. The van der Waals surface area contributed by atoms with Crippen LogP contribution in [0.1, 0.15) is 5.56 Å². The van der Waals surface area contributed by atoms with Crippen molar-refractivity contribution in [1.29, 1.82) is 0 Å². The molecule has 0 saturated carbocycles. The average Bonchev–Trinajstić information content (AvgIpc) is 2.36. The SMILES string of the molecule is COC1CNc2cc(C)ccc2NC1=O. The first-order chi connectivity index (χ1) is 7.20. The van der Waals surface area contributed by atoms with Gasteiger partial charge in [0.1, 0.15) is 0 Å². The summed E-state index contributed by atoms with van der Waals surface area (Å²) >= 11 is 0. The lowest BCUT2D eigenvalue weighted by atomic mass is 10.2. The number of fused-ring (bicyclic) bond motifs is 1. The standard InChI is InChI=1S/C11H14N2O2/c1-7-3-4-8-9(5-7)12-6-10(15-2)11(14)13-8/h3-5,10,12H,6H2,1-2H3,(H,13,14). The molecule has 2 N–H and O–H groups in total. The minimum absolute atomic E-state index is 0.104. The quantitative estimate of drug-likeness (QED) is 0.729. The molecule has 1 heterocycles. The molecule has 1 aromatic carbocycles. The Morgan fingerprint density at radius 2 is 2.20 bits per heavy atom. The molecule has 0 radical (unpaired) electrons. The third kappa shape index (κ3) is 1.94. The highest BCUT2D eigenvalue weighted by atomic mass is 16.5. The van der Waals surface area contributed by atoms with E-state index < -0.39 is 6.10 Å². The molecule has 1 amide bonds. The number of hydrogen-bond donors (Lipinski definition) is 2. The zero-order chi connectivity index (χ0) is 10.8. The molecule has 1 unspecified atom stereocenters. The van der Waals surface area contributed by atoms with Crippen molar-refractivity contribution in [2.24, 2.45) is 0 Å². The summed E-state index contributed by atoms with van der Waals surface area (Å²) in [5.41, 5.74) is 2.92. The average molecular weight is 206 g/mol. The number of nitrogens with one attached hydrogen (secondary N) is 2. The molecule has 1 aliphatic rings. The fourth-order valence-corrected chi connectivity index (χ4v) is 1.61. The second kappa shape index (κ2) is 3.90. The fourth-order valence-electron chi connectivity index (χ4n) is 1.61. The highest BCUT2D eigenvalue weighted by Gasteiger charge is 2.22. The molecule has 1 aliphatic heterocycles. The van der Waals surface area contributed by atoms with Crippen molar-refractivity contribution in [1.82, 2.24) is 0 Å². The summed E-state index contributed by atoms with van der Waals surface area (Å²) in [7, 11) is 1.53. The molecule has 15 heavy (non-hydrogen) atoms. The Balaban J connectivity index is 2.31. The molecule has 0 aromatic heterocycles. The van der Waals surface area contributed by atoms with Gasteiger partial charge in [0.25, 0.3) is 5.91 Å². The highest BCUT2D eigenvalue weighted by molar-refractivity contribution is 5.98. The van der Waals surface area contributed by atoms with E-state index in [9.17, 15) is 4.79 Å². The largest absolute Gasteiger partial charge is 0.380 e. The minimum Gasteiger partial charge on any atom is -0.380 e. The Morgan fingerprint density at radius 1 is 1.40 bits per heavy atom. The van der Waals surface area contributed by atoms with Crippen molar-refractivity contribution < 1.29 is 9.53 Å². The Morgan fingerprint density at radius 3 is 2.93 bits per heavy atom. The monoisotopic (exact) mass is 206 g/mol. The molecule has 4 heteroatoms. The summed E-state index contributed by atoms with van der Waals surface area (Å²) in [6.45, 7) is 2.52. The number of rotatable bonds is 1. The first-order valence-corrected chi connectivity index (χ1v) is 4.89. The van der Waals surface area contributed by atoms with Gasteiger partial charge < -0.3 is 15.4 Å². The lowest BCUT2D eigenvalue weighted by Gasteiger charge is -2.10. The van der Waals surface area contributed by atoms with Gasteiger partial charge in [0.2, 0.25) is 0 Å². The van der Waals surface area contributed by atoms with E-state index in [1.165, 1.54) is 7.11 Å². The van der Waals surface area contributed by atoms with Gasteiger partial charge in [0, 0.05) is 7.11 Å². The van der Waals surface area contributed by atoms with Crippen molar-refractivity contribution in [2.75, 3.05) is 24.3 Å². The molecular weight excluding hydrogens is 192 g/mol. The molecule has 0 aliphatic carbocycles. The highest BCUT2D eigenvalue weighted by Crippen LogP contribution is 2.25. The van der Waals surface area contributed by atoms with Gasteiger partial charge in [-0.25, -0.2) is 0 Å². The van der Waals surface area contributed by atoms with E-state index in [2.05, 4.69) is 10.6 Å². The summed E-state index contributed by atoms with van der Waals surface area (Å²) in [4.78, 5) is 11.6. The smallest absolute Gasteiger partial charge is 0.255 e. The zero-order valence-electron chi connectivity index (χ0n) is 8.83. The maximum atomic E-state index is 11.6. The Kier molecular flexibility index (Phi) is 2.60. The maximum Gasteiger partial charge on any atom is 0.255 e. The molecule has 0 fully saturated rings. The molecular formula is C11H14N2O2. The van der Waals surface area contributed by atoms with E-state index in [0.29, 0.717) is 6.54 Å². The van der Waals surface area contributed by atoms with E-state index in [1.807, 2.05) is 25.1 Å². The fraction of sp³-hybridized carbons (Fsp3) is 0.364. The molecule has 80 valence electrons. The Labute approximate surface area is 88.6 Å². The summed E-state index contributed by atoms with van der Waals surface area (Å²) in [6.07, 6.45) is -0.433. The van der Waals surface area contributed by atoms with Crippen LogP contribution in [0.2, 0.25) is 0 Å². The van der Waals surface area contributed by atoms with Crippen LogP contribution < -0.4 is 10.6 Å². The van der Waals surface area contributed by atoms with Gasteiger partial charge in [0.05, 0.1) is 17.9 Å². The van der Waals surface area contributed by atoms with Crippen LogP contribution in [0.15, 0.2) is 18.2 Å². The van der Waals surface area contributed by atoms with Gasteiger partial charge in [-0.1, -0.05) is 6.07 Å². The van der Waals surface area contributed by atoms with Gasteiger partial charge in [-0.05, 0) is 24.6 Å². The van der Waals surface area contributed by atoms with Crippen molar-refractivity contribution >= 4 is 17.3 Å². The first kappa shape index (κ1) is 9.98. The van der Waals surface area contributed by atoms with Crippen LogP contribution >= 0.6 is 0 Å². The number of carbonyl (C=O) groups excluding carboxylic acids is 1. The predicted molar refractivity (Wildman–Crippen MR) is 59.1 cm³/mol. The maximum absolute atomic E-state index is 11.6. The second-order valence-electron chi connectivity index (χ2n) is 3.64. The normalized spacial score (nSPS) is 19.9. The third-order valence-electron chi connectivity index (χ3n) is 2.49. The van der Waals surface area contributed by atoms with Crippen molar-refractivity contribution in [3.05, 3.63) is 23.8 Å². The number of amides is 1. The van der Waals surface area contributed by atoms with Crippen LogP contribution in [-0.2, 0) is 9.53 Å². The van der Waals surface area contributed by atoms with E-state index in [4.69, 9.17) is 4.74 Å². The van der Waals surface area contributed by atoms with Crippen molar-refractivity contribution in [3.63, 3.8) is 0 Å². The lowest BCUT2D eigenvalue weighted by molar-refractivity contribution is -0.124. The van der Waals surface area contributed by atoms with Gasteiger partial charge in [-0.2, -0.15) is 0 Å². The number of carbonyl (C=O) groups is 1. The zero-order valence-corrected chi connectivity index (χ0v) is 8.83. The van der Waals surface area contributed by atoms with Crippen LogP contribution in [0.5, 0.6) is 0 Å². The van der Waals surface area contributed by atoms with Gasteiger partial charge >= 0.3 is 0 Å². The molecule has 0 bridgehead atoms. The first-order valence-electron chi connectivity index (χ1n) is 4.89. The van der Waals surface area contributed by atoms with Crippen LogP contribution in [-0.4, -0.2) is 25.7 Å². The summed E-state index contributed by atoms with van der Waals surface area (Å²) in [5, 5.41) is 6.01. The van der Waals surface area contributed by atoms with E-state index in [-0.39, 0.29) is 5.91 Å². The summed E-state index contributed by atoms with van der Waals surface area (Å²) in [5.74, 6) is -0.104. The third-order valence-corrected chi connectivity index (χ3v) is 2.49. The van der Waals surface area contributed by atoms with Gasteiger partial charge in [-0.15, -0.1) is 0 Å². The molecule has 1 aromatic rings. The molecule has 0 spiro atoms. The molecule has 1 atom stereocenters. The van der Waals surface area contributed by atoms with Crippen LogP contribution in [0, 0.1) is 6.92 Å². The molecule has 0 saturated heterocycles. The minimum atomic E-state index is -0.433. The summed E-state index contributed by atoms with van der Waals surface area (Å²) in [6, 6.07) is 5.87. The van der Waals surface area contributed by atoms with E-state index in [0.717, 1.165) is 16.9 Å². The van der Waals surface area contributed by atoms with E-state index in [1.54, 1.807) is 0 Å². The van der Waals surface area contributed by atoms with Crippen molar-refractivity contribution in [3.8, 4) is 0 Å². The molecule has 4 nitrogen and oxygen atoms in total. The van der Waals surface area contributed by atoms with Crippen molar-refractivity contribution in [2.45, 2.75) is 13.0 Å². The summed E-state index contributed by atoms with van der Waals surface area (Å²) < 4.78 is 5.07. The molecule has 2 rings (SSSR count). The number of methoxy groups -OCH3 is 1. The van der Waals surface area contributed by atoms with E-state index >= 15 is 0 Å². The number of hydrogen-bond acceptors (Lipinski definition) is 3. The topological polar surface area (TPSA) is 50.4 Å².